The summed E-state index contributed by atoms with van der Waals surface area (Å²) in [6.45, 7) is 3.35. The van der Waals surface area contributed by atoms with E-state index in [9.17, 15) is 13.2 Å². The second kappa shape index (κ2) is 8.23. The lowest BCUT2D eigenvalue weighted by Crippen LogP contribution is -2.45. The molecule has 144 valence electrons. The molecule has 1 aliphatic rings. The summed E-state index contributed by atoms with van der Waals surface area (Å²) in [5.74, 6) is 0.129. The maximum Gasteiger partial charge on any atom is 0.253 e. The Kier molecular flexibility index (Phi) is 5.97. The Hall–Kier alpha value is -2.18. The summed E-state index contributed by atoms with van der Waals surface area (Å²) in [5, 5.41) is 0. The van der Waals surface area contributed by atoms with Crippen molar-refractivity contribution in [3.8, 4) is 0 Å². The molecule has 0 aliphatic carbocycles. The lowest BCUT2D eigenvalue weighted by molar-refractivity contribution is 0.0661. The third-order valence-corrected chi connectivity index (χ3v) is 6.83. The van der Waals surface area contributed by atoms with Gasteiger partial charge in [-0.2, -0.15) is 0 Å². The maximum absolute atomic E-state index is 12.9. The van der Waals surface area contributed by atoms with E-state index in [0.717, 1.165) is 12.8 Å². The van der Waals surface area contributed by atoms with Gasteiger partial charge in [-0.15, -0.1) is 0 Å². The molecule has 27 heavy (non-hydrogen) atoms. The normalized spacial score (nSPS) is 18.9. The van der Waals surface area contributed by atoms with Gasteiger partial charge in [-0.3, -0.25) is 4.79 Å². The summed E-state index contributed by atoms with van der Waals surface area (Å²) in [7, 11) is -3.44. The van der Waals surface area contributed by atoms with Crippen LogP contribution in [-0.2, 0) is 15.6 Å². The Labute approximate surface area is 161 Å². The molecule has 6 heteroatoms. The molecule has 2 aromatic rings. The lowest BCUT2D eigenvalue weighted by Gasteiger charge is -2.34. The monoisotopic (exact) mass is 386 g/mol. The minimum atomic E-state index is -3.44. The number of rotatable bonds is 5. The van der Waals surface area contributed by atoms with Gasteiger partial charge in [-0.1, -0.05) is 30.3 Å². The molecule has 2 N–H and O–H groups in total. The Morgan fingerprint density at radius 3 is 2.63 bits per heavy atom. The minimum Gasteiger partial charge on any atom is -0.338 e. The molecule has 1 saturated heterocycles. The Morgan fingerprint density at radius 2 is 1.93 bits per heavy atom. The molecule has 0 radical (unpaired) electrons. The van der Waals surface area contributed by atoms with Crippen LogP contribution in [0.5, 0.6) is 0 Å². The highest BCUT2D eigenvalue weighted by molar-refractivity contribution is 7.90. The summed E-state index contributed by atoms with van der Waals surface area (Å²) >= 11 is 0. The molecule has 1 heterocycles. The maximum atomic E-state index is 12.9. The average molecular weight is 387 g/mol. The zero-order valence-electron chi connectivity index (χ0n) is 15.5. The van der Waals surface area contributed by atoms with Crippen molar-refractivity contribution < 1.29 is 13.2 Å². The Balaban J connectivity index is 1.76. The van der Waals surface area contributed by atoms with Gasteiger partial charge in [0.15, 0.2) is 9.84 Å². The van der Waals surface area contributed by atoms with E-state index in [4.69, 9.17) is 5.73 Å². The molecular weight excluding hydrogens is 360 g/mol. The first kappa shape index (κ1) is 19.6. The van der Waals surface area contributed by atoms with Crippen LogP contribution in [-0.4, -0.2) is 38.4 Å². The SMILES string of the molecule is C[C@@H](N)[C@@H]1CCCN(C(=O)c2cccc(CS(=O)(=O)c3ccccc3)c2)C1. The van der Waals surface area contributed by atoms with Gasteiger partial charge in [0.1, 0.15) is 0 Å². The van der Waals surface area contributed by atoms with Gasteiger partial charge >= 0.3 is 0 Å². The van der Waals surface area contributed by atoms with Gasteiger partial charge in [-0.05, 0) is 55.5 Å². The van der Waals surface area contributed by atoms with Crippen LogP contribution >= 0.6 is 0 Å². The number of carbonyl (C=O) groups is 1. The van der Waals surface area contributed by atoms with E-state index in [0.29, 0.717) is 30.1 Å². The molecule has 0 bridgehead atoms. The first-order valence-electron chi connectivity index (χ1n) is 9.28. The van der Waals surface area contributed by atoms with Crippen LogP contribution in [0.2, 0.25) is 0 Å². The van der Waals surface area contributed by atoms with E-state index in [2.05, 4.69) is 0 Å². The van der Waals surface area contributed by atoms with Gasteiger partial charge < -0.3 is 10.6 Å². The average Bonchev–Trinajstić information content (AvgIpc) is 2.68. The van der Waals surface area contributed by atoms with Gasteiger partial charge in [0.2, 0.25) is 0 Å². The second-order valence-electron chi connectivity index (χ2n) is 7.29. The highest BCUT2D eigenvalue weighted by atomic mass is 32.2. The molecule has 1 amide bonds. The number of amides is 1. The number of piperidine rings is 1. The van der Waals surface area contributed by atoms with Crippen molar-refractivity contribution in [2.24, 2.45) is 11.7 Å². The summed E-state index contributed by atoms with van der Waals surface area (Å²) < 4.78 is 25.2. The van der Waals surface area contributed by atoms with Gasteiger partial charge in [0.05, 0.1) is 10.6 Å². The fourth-order valence-corrected chi connectivity index (χ4v) is 4.89. The van der Waals surface area contributed by atoms with Crippen molar-refractivity contribution in [1.29, 1.82) is 0 Å². The second-order valence-corrected chi connectivity index (χ2v) is 9.27. The van der Waals surface area contributed by atoms with Crippen molar-refractivity contribution in [3.63, 3.8) is 0 Å². The fourth-order valence-electron chi connectivity index (χ4n) is 3.53. The van der Waals surface area contributed by atoms with Crippen LogP contribution in [0.25, 0.3) is 0 Å². The largest absolute Gasteiger partial charge is 0.338 e. The molecule has 1 fully saturated rings. The van der Waals surface area contributed by atoms with E-state index in [1.54, 1.807) is 54.6 Å². The van der Waals surface area contributed by atoms with Crippen LogP contribution < -0.4 is 5.73 Å². The van der Waals surface area contributed by atoms with Crippen molar-refractivity contribution in [2.75, 3.05) is 13.1 Å². The highest BCUT2D eigenvalue weighted by Gasteiger charge is 2.26. The molecule has 0 unspecified atom stereocenters. The first-order chi connectivity index (χ1) is 12.9. The third-order valence-electron chi connectivity index (χ3n) is 5.12. The Bertz CT molecular complexity index is 895. The van der Waals surface area contributed by atoms with E-state index < -0.39 is 9.84 Å². The molecule has 0 saturated carbocycles. The number of nitrogens with two attached hydrogens (primary N) is 1. The number of likely N-dealkylation sites (tertiary alicyclic amines) is 1. The molecule has 5 nitrogen and oxygen atoms in total. The van der Waals surface area contributed by atoms with E-state index in [1.165, 1.54) is 0 Å². The van der Waals surface area contributed by atoms with Crippen molar-refractivity contribution in [3.05, 3.63) is 65.7 Å². The minimum absolute atomic E-state index is 0.0562. The lowest BCUT2D eigenvalue weighted by atomic mass is 9.92. The van der Waals surface area contributed by atoms with Crippen LogP contribution in [0.1, 0.15) is 35.7 Å². The number of hydrogen-bond acceptors (Lipinski definition) is 4. The quantitative estimate of drug-likeness (QED) is 0.857. The summed E-state index contributed by atoms with van der Waals surface area (Å²) in [5.41, 5.74) is 7.16. The fraction of sp³-hybridized carbons (Fsp3) is 0.381. The van der Waals surface area contributed by atoms with Crippen molar-refractivity contribution in [2.45, 2.75) is 36.5 Å². The van der Waals surface area contributed by atoms with E-state index >= 15 is 0 Å². The number of hydrogen-bond donors (Lipinski definition) is 1. The summed E-state index contributed by atoms with van der Waals surface area (Å²) in [4.78, 5) is 15.0. The zero-order chi connectivity index (χ0) is 19.4. The molecular formula is C21H26N2O3S. The third kappa shape index (κ3) is 4.76. The highest BCUT2D eigenvalue weighted by Crippen LogP contribution is 2.22. The molecule has 3 rings (SSSR count). The Morgan fingerprint density at radius 1 is 1.19 bits per heavy atom. The van der Waals surface area contributed by atoms with Crippen molar-refractivity contribution >= 4 is 15.7 Å². The van der Waals surface area contributed by atoms with Gasteiger partial charge in [0, 0.05) is 24.7 Å². The first-order valence-corrected chi connectivity index (χ1v) is 10.9. The number of carbonyl (C=O) groups excluding carboxylic acids is 1. The van der Waals surface area contributed by atoms with E-state index in [1.807, 2.05) is 11.8 Å². The van der Waals surface area contributed by atoms with Gasteiger partial charge in [-0.25, -0.2) is 8.42 Å². The molecule has 0 aromatic heterocycles. The van der Waals surface area contributed by atoms with Gasteiger partial charge in [0.25, 0.3) is 5.91 Å². The standard InChI is InChI=1S/C21H26N2O3S/c1-16(22)19-9-6-12-23(14-19)21(24)18-8-5-7-17(13-18)15-27(25,26)20-10-3-2-4-11-20/h2-5,7-8,10-11,13,16,19H,6,9,12,14-15,22H2,1H3/t16-,19-/m1/s1. The van der Waals surface area contributed by atoms with Crippen molar-refractivity contribution in [1.82, 2.24) is 4.90 Å². The summed E-state index contributed by atoms with van der Waals surface area (Å²) in [6.07, 6.45) is 1.98. The molecule has 0 spiro atoms. The topological polar surface area (TPSA) is 80.5 Å². The number of nitrogens with zero attached hydrogens (tertiary/aromatic N) is 1. The number of benzene rings is 2. The van der Waals surface area contributed by atoms with Crippen LogP contribution in [0.3, 0.4) is 0 Å². The summed E-state index contributed by atoms with van der Waals surface area (Å²) in [6, 6.07) is 15.4. The smallest absolute Gasteiger partial charge is 0.253 e. The number of sulfone groups is 1. The molecule has 1 aliphatic heterocycles. The zero-order valence-corrected chi connectivity index (χ0v) is 16.4. The van der Waals surface area contributed by atoms with Crippen LogP contribution in [0, 0.1) is 5.92 Å². The van der Waals surface area contributed by atoms with Crippen LogP contribution in [0.4, 0.5) is 0 Å². The van der Waals surface area contributed by atoms with E-state index in [-0.39, 0.29) is 22.6 Å². The molecule has 2 atom stereocenters. The molecule has 2 aromatic carbocycles. The predicted molar refractivity (Wildman–Crippen MR) is 106 cm³/mol. The predicted octanol–water partition coefficient (Wildman–Crippen LogP) is 2.86. The van der Waals surface area contributed by atoms with Crippen LogP contribution in [0.15, 0.2) is 59.5 Å².